The molecule has 5 nitrogen and oxygen atoms in total. The van der Waals surface area contributed by atoms with Crippen LogP contribution in [-0.4, -0.2) is 42.5 Å². The molecular formula is C27H29F4N3O2. The van der Waals surface area contributed by atoms with Crippen molar-refractivity contribution < 1.29 is 27.0 Å². The van der Waals surface area contributed by atoms with E-state index >= 15 is 0 Å². The number of ether oxygens (including phenoxy) is 2. The second-order valence-corrected chi connectivity index (χ2v) is 9.71. The molecule has 1 saturated carbocycles. The molecular weight excluding hydrogens is 474 g/mol. The maximum atomic E-state index is 13.7. The minimum absolute atomic E-state index is 0.0611. The molecule has 0 amide bonds. The second-order valence-electron chi connectivity index (χ2n) is 9.71. The monoisotopic (exact) mass is 503 g/mol. The number of hydrogen-bond acceptors (Lipinski definition) is 4. The first-order chi connectivity index (χ1) is 17.3. The van der Waals surface area contributed by atoms with Gasteiger partial charge in [-0.05, 0) is 74.7 Å². The number of nitrogens with zero attached hydrogens (tertiary/aromatic N) is 2. The van der Waals surface area contributed by atoms with Crippen LogP contribution in [0.15, 0.2) is 54.9 Å². The van der Waals surface area contributed by atoms with Gasteiger partial charge in [-0.3, -0.25) is 4.57 Å². The summed E-state index contributed by atoms with van der Waals surface area (Å²) in [5.74, 6) is -0.293. The molecule has 1 spiro atoms. The SMILES string of the molecule is CNCC1CCC2(CC(c3cc(-n4ccnc4C(F)(F)F)ccc3OC)CO2)C1c1ccc(F)cc1. The number of aromatic nitrogens is 2. The molecule has 1 aliphatic carbocycles. The fourth-order valence-corrected chi connectivity index (χ4v) is 6.21. The lowest BCUT2D eigenvalue weighted by atomic mass is 9.76. The van der Waals surface area contributed by atoms with E-state index in [-0.39, 0.29) is 17.7 Å². The summed E-state index contributed by atoms with van der Waals surface area (Å²) in [4.78, 5) is 3.52. The van der Waals surface area contributed by atoms with Gasteiger partial charge in [0.05, 0.1) is 19.3 Å². The lowest BCUT2D eigenvalue weighted by molar-refractivity contribution is -0.145. The predicted octanol–water partition coefficient (Wildman–Crippen LogP) is 5.69. The van der Waals surface area contributed by atoms with E-state index in [0.717, 1.165) is 41.3 Å². The highest BCUT2D eigenvalue weighted by atomic mass is 19.4. The van der Waals surface area contributed by atoms with Gasteiger partial charge < -0.3 is 14.8 Å². The third-order valence-corrected chi connectivity index (χ3v) is 7.66. The molecule has 1 N–H and O–H groups in total. The Morgan fingerprint density at radius 3 is 2.67 bits per heavy atom. The third-order valence-electron chi connectivity index (χ3n) is 7.66. The fourth-order valence-electron chi connectivity index (χ4n) is 6.21. The van der Waals surface area contributed by atoms with E-state index in [9.17, 15) is 17.6 Å². The maximum Gasteiger partial charge on any atom is 0.450 e. The topological polar surface area (TPSA) is 48.3 Å². The highest BCUT2D eigenvalue weighted by Crippen LogP contribution is 2.57. The van der Waals surface area contributed by atoms with Crippen LogP contribution < -0.4 is 10.1 Å². The van der Waals surface area contributed by atoms with Crippen LogP contribution in [0.2, 0.25) is 0 Å². The Balaban J connectivity index is 1.49. The van der Waals surface area contributed by atoms with E-state index in [1.165, 1.54) is 18.3 Å². The Labute approximate surface area is 207 Å². The van der Waals surface area contributed by atoms with E-state index in [1.807, 2.05) is 19.2 Å². The van der Waals surface area contributed by atoms with E-state index in [2.05, 4.69) is 10.3 Å². The lowest BCUT2D eigenvalue weighted by Crippen LogP contribution is -2.35. The first-order valence-electron chi connectivity index (χ1n) is 12.1. The first-order valence-corrected chi connectivity index (χ1v) is 12.1. The van der Waals surface area contributed by atoms with Gasteiger partial charge in [-0.2, -0.15) is 13.2 Å². The molecule has 4 atom stereocenters. The van der Waals surface area contributed by atoms with Crippen molar-refractivity contribution in [1.29, 1.82) is 0 Å². The summed E-state index contributed by atoms with van der Waals surface area (Å²) in [7, 11) is 3.48. The molecule has 36 heavy (non-hydrogen) atoms. The van der Waals surface area contributed by atoms with Gasteiger partial charge in [-0.15, -0.1) is 0 Å². The Kier molecular flexibility index (Phi) is 6.55. The van der Waals surface area contributed by atoms with Crippen LogP contribution in [0.1, 0.15) is 48.0 Å². The van der Waals surface area contributed by atoms with Crippen LogP contribution in [0.5, 0.6) is 5.75 Å². The molecule has 3 aromatic rings. The van der Waals surface area contributed by atoms with Crippen LogP contribution >= 0.6 is 0 Å². The smallest absolute Gasteiger partial charge is 0.450 e. The molecule has 1 saturated heterocycles. The van der Waals surface area contributed by atoms with Gasteiger partial charge in [-0.1, -0.05) is 12.1 Å². The average molecular weight is 504 g/mol. The van der Waals surface area contributed by atoms with Crippen LogP contribution in [0.25, 0.3) is 5.69 Å². The molecule has 5 rings (SSSR count). The van der Waals surface area contributed by atoms with Crippen LogP contribution in [0.3, 0.4) is 0 Å². The van der Waals surface area contributed by atoms with Crippen molar-refractivity contribution in [2.24, 2.45) is 5.92 Å². The minimum atomic E-state index is -4.57. The molecule has 2 aliphatic rings. The van der Waals surface area contributed by atoms with Gasteiger partial charge in [-0.25, -0.2) is 9.37 Å². The number of nitrogens with one attached hydrogen (secondary N) is 1. The van der Waals surface area contributed by atoms with Gasteiger partial charge in [0.15, 0.2) is 0 Å². The number of benzene rings is 2. The van der Waals surface area contributed by atoms with Crippen molar-refractivity contribution in [3.8, 4) is 11.4 Å². The number of alkyl halides is 3. The molecule has 2 heterocycles. The van der Waals surface area contributed by atoms with Crippen LogP contribution in [-0.2, 0) is 10.9 Å². The Bertz CT molecular complexity index is 1210. The molecule has 2 fully saturated rings. The second kappa shape index (κ2) is 9.52. The van der Waals surface area contributed by atoms with Crippen molar-refractivity contribution in [2.45, 2.75) is 42.9 Å². The highest BCUT2D eigenvalue weighted by Gasteiger charge is 2.54. The Morgan fingerprint density at radius 1 is 1.19 bits per heavy atom. The summed E-state index contributed by atoms with van der Waals surface area (Å²) in [5.41, 5.74) is 1.79. The van der Waals surface area contributed by atoms with Crippen molar-refractivity contribution in [3.05, 3.63) is 77.6 Å². The first kappa shape index (κ1) is 24.8. The molecule has 4 unspecified atom stereocenters. The number of halogens is 4. The van der Waals surface area contributed by atoms with E-state index < -0.39 is 17.6 Å². The van der Waals surface area contributed by atoms with Gasteiger partial charge in [0, 0.05) is 35.5 Å². The van der Waals surface area contributed by atoms with Gasteiger partial charge in [0.1, 0.15) is 11.6 Å². The molecule has 1 aliphatic heterocycles. The normalized spacial score (nSPS) is 26.1. The number of hydrogen-bond donors (Lipinski definition) is 1. The molecule has 0 bridgehead atoms. The average Bonchev–Trinajstić information content (AvgIpc) is 3.59. The molecule has 0 radical (unpaired) electrons. The summed E-state index contributed by atoms with van der Waals surface area (Å²) in [6, 6.07) is 11.7. The highest BCUT2D eigenvalue weighted by molar-refractivity contribution is 5.48. The van der Waals surface area contributed by atoms with E-state index in [4.69, 9.17) is 9.47 Å². The van der Waals surface area contributed by atoms with Crippen molar-refractivity contribution in [3.63, 3.8) is 0 Å². The van der Waals surface area contributed by atoms with E-state index in [1.54, 1.807) is 25.3 Å². The third kappa shape index (κ3) is 4.39. The zero-order valence-corrected chi connectivity index (χ0v) is 20.2. The summed E-state index contributed by atoms with van der Waals surface area (Å²) in [6.07, 6.45) is 0.416. The summed E-state index contributed by atoms with van der Waals surface area (Å²) in [6.45, 7) is 1.25. The summed E-state index contributed by atoms with van der Waals surface area (Å²) >= 11 is 0. The largest absolute Gasteiger partial charge is 0.496 e. The fraction of sp³-hybridized carbons (Fsp3) is 0.444. The Morgan fingerprint density at radius 2 is 1.97 bits per heavy atom. The number of rotatable bonds is 6. The van der Waals surface area contributed by atoms with Gasteiger partial charge in [0.2, 0.25) is 5.82 Å². The van der Waals surface area contributed by atoms with E-state index in [0.29, 0.717) is 30.4 Å². The number of methoxy groups -OCH3 is 1. The molecule has 192 valence electrons. The zero-order chi connectivity index (χ0) is 25.5. The van der Waals surface area contributed by atoms with Gasteiger partial charge >= 0.3 is 6.18 Å². The molecule has 1 aromatic heterocycles. The zero-order valence-electron chi connectivity index (χ0n) is 20.2. The lowest BCUT2D eigenvalue weighted by Gasteiger charge is -2.34. The number of imidazole rings is 1. The standard InChI is InChI=1S/C27H29F4N3O2/c1-32-15-18-9-10-26(24(18)17-3-5-20(28)6-4-17)14-19(16-36-26)22-13-21(7-8-23(22)35-2)34-12-11-33-25(34)27(29,30)31/h3-8,11-13,18-19,24,32H,9-10,14-16H2,1-2H3. The van der Waals surface area contributed by atoms with Crippen molar-refractivity contribution >= 4 is 0 Å². The Hall–Kier alpha value is -2.91. The predicted molar refractivity (Wildman–Crippen MR) is 127 cm³/mol. The quantitative estimate of drug-likeness (QED) is 0.439. The van der Waals surface area contributed by atoms with Crippen LogP contribution in [0.4, 0.5) is 17.6 Å². The van der Waals surface area contributed by atoms with Crippen LogP contribution in [0, 0.1) is 11.7 Å². The van der Waals surface area contributed by atoms with Crippen molar-refractivity contribution in [1.82, 2.24) is 14.9 Å². The summed E-state index contributed by atoms with van der Waals surface area (Å²) in [5, 5.41) is 3.28. The summed E-state index contributed by atoms with van der Waals surface area (Å²) < 4.78 is 67.4. The van der Waals surface area contributed by atoms with Crippen molar-refractivity contribution in [2.75, 3.05) is 27.3 Å². The maximum absolute atomic E-state index is 13.7. The molecule has 2 aromatic carbocycles. The van der Waals surface area contributed by atoms with Gasteiger partial charge in [0.25, 0.3) is 0 Å². The minimum Gasteiger partial charge on any atom is -0.496 e. The molecule has 9 heteroatoms.